The molecule has 136 valence electrons. The molecule has 1 aromatic rings. The summed E-state index contributed by atoms with van der Waals surface area (Å²) in [5, 5.41) is 4.13. The molecule has 0 bridgehead atoms. The maximum absolute atomic E-state index is 12.0. The molecule has 2 aliphatic rings. The molecule has 0 spiro atoms. The molecule has 1 unspecified atom stereocenters. The van der Waals surface area contributed by atoms with E-state index in [1.54, 1.807) is 11.8 Å². The fraction of sp³-hybridized carbons (Fsp3) is 0.556. The van der Waals surface area contributed by atoms with Crippen LogP contribution in [0.25, 0.3) is 0 Å². The number of para-hydroxylation sites is 1. The fourth-order valence-electron chi connectivity index (χ4n) is 3.37. The normalized spacial score (nSPS) is 21.4. The molecule has 0 saturated carbocycles. The third kappa shape index (κ3) is 4.20. The number of thiocarbonyl (C=S) groups is 1. The molecule has 1 amide bonds. The Morgan fingerprint density at radius 3 is 2.72 bits per heavy atom. The number of nitrogens with zero attached hydrogens (tertiary/aromatic N) is 2. The van der Waals surface area contributed by atoms with Gasteiger partial charge in [-0.2, -0.15) is 0 Å². The second-order valence-corrected chi connectivity index (χ2v) is 7.65. The van der Waals surface area contributed by atoms with Crippen molar-refractivity contribution in [2.45, 2.75) is 43.2 Å². The van der Waals surface area contributed by atoms with Crippen molar-refractivity contribution in [1.82, 2.24) is 9.80 Å². The van der Waals surface area contributed by atoms with E-state index in [1.165, 1.54) is 4.90 Å². The monoisotopic (exact) mass is 379 g/mol. The van der Waals surface area contributed by atoms with Crippen LogP contribution in [-0.4, -0.2) is 59.0 Å². The molecule has 0 aromatic heterocycles. The molecule has 2 heterocycles. The highest BCUT2D eigenvalue weighted by Crippen LogP contribution is 2.27. The largest absolute Gasteiger partial charge is 0.444 e. The first-order valence-electron chi connectivity index (χ1n) is 8.78. The van der Waals surface area contributed by atoms with E-state index in [2.05, 4.69) is 35.5 Å². The number of anilines is 1. The number of cyclic esters (lactones) is 1. The van der Waals surface area contributed by atoms with Gasteiger partial charge in [0.1, 0.15) is 6.10 Å². The zero-order valence-corrected chi connectivity index (χ0v) is 16.4. The van der Waals surface area contributed by atoms with Gasteiger partial charge >= 0.3 is 6.09 Å². The molecule has 2 aliphatic heterocycles. The lowest BCUT2D eigenvalue weighted by atomic mass is 10.0. The lowest BCUT2D eigenvalue weighted by Crippen LogP contribution is -2.48. The average molecular weight is 380 g/mol. The molecule has 0 radical (unpaired) electrons. The van der Waals surface area contributed by atoms with Gasteiger partial charge in [0.15, 0.2) is 5.11 Å². The van der Waals surface area contributed by atoms with E-state index in [4.69, 9.17) is 17.0 Å². The van der Waals surface area contributed by atoms with Gasteiger partial charge in [-0.3, -0.25) is 0 Å². The van der Waals surface area contributed by atoms with Gasteiger partial charge in [-0.1, -0.05) is 19.1 Å². The summed E-state index contributed by atoms with van der Waals surface area (Å²) >= 11 is 7.30. The second kappa shape index (κ2) is 8.27. The van der Waals surface area contributed by atoms with E-state index in [1.807, 2.05) is 17.0 Å². The molecule has 7 heteroatoms. The SMILES string of the molecule is CCC1CN(C2CCN(C(=S)Nc3ccccc3SC)CC2)C(=O)O1. The maximum atomic E-state index is 12.0. The first-order chi connectivity index (χ1) is 12.1. The number of amides is 1. The van der Waals surface area contributed by atoms with Crippen molar-refractivity contribution in [2.24, 2.45) is 0 Å². The van der Waals surface area contributed by atoms with Crippen molar-refractivity contribution in [1.29, 1.82) is 0 Å². The Balaban J connectivity index is 1.53. The molecule has 3 rings (SSSR count). The number of thioether (sulfide) groups is 1. The Labute approximate surface area is 159 Å². The Morgan fingerprint density at radius 2 is 2.08 bits per heavy atom. The van der Waals surface area contributed by atoms with Crippen LogP contribution in [0.3, 0.4) is 0 Å². The van der Waals surface area contributed by atoms with Crippen LogP contribution < -0.4 is 5.32 Å². The van der Waals surface area contributed by atoms with Gasteiger partial charge < -0.3 is 19.9 Å². The highest BCUT2D eigenvalue weighted by molar-refractivity contribution is 7.98. The number of piperidine rings is 1. The summed E-state index contributed by atoms with van der Waals surface area (Å²) in [7, 11) is 0. The molecule has 1 aromatic carbocycles. The number of benzene rings is 1. The summed E-state index contributed by atoms with van der Waals surface area (Å²) in [6, 6.07) is 8.45. The van der Waals surface area contributed by atoms with Crippen LogP contribution in [0.2, 0.25) is 0 Å². The standard InChI is InChI=1S/C18H25N3O2S2/c1-3-14-12-21(18(22)23-14)13-8-10-20(11-9-13)17(24)19-15-6-4-5-7-16(15)25-2/h4-7,13-14H,3,8-12H2,1-2H3,(H,19,24). The molecular weight excluding hydrogens is 354 g/mol. The summed E-state index contributed by atoms with van der Waals surface area (Å²) in [5.74, 6) is 0. The molecule has 5 nitrogen and oxygen atoms in total. The molecule has 2 fully saturated rings. The summed E-state index contributed by atoms with van der Waals surface area (Å²) in [6.07, 6.45) is 4.70. The zero-order chi connectivity index (χ0) is 17.8. The van der Waals surface area contributed by atoms with Crippen molar-refractivity contribution in [3.63, 3.8) is 0 Å². The number of rotatable bonds is 4. The number of nitrogens with one attached hydrogen (secondary N) is 1. The van der Waals surface area contributed by atoms with Crippen molar-refractivity contribution >= 4 is 40.9 Å². The molecule has 1 atom stereocenters. The fourth-order valence-corrected chi connectivity index (χ4v) is 4.22. The molecule has 1 N–H and O–H groups in total. The summed E-state index contributed by atoms with van der Waals surface area (Å²) in [4.78, 5) is 17.3. The second-order valence-electron chi connectivity index (χ2n) is 6.42. The number of likely N-dealkylation sites (tertiary alicyclic amines) is 1. The molecular formula is C18H25N3O2S2. The number of carbonyl (C=O) groups is 1. The van der Waals surface area contributed by atoms with Gasteiger partial charge in [0.25, 0.3) is 0 Å². The third-order valence-electron chi connectivity index (χ3n) is 4.90. The van der Waals surface area contributed by atoms with Crippen LogP contribution in [0.4, 0.5) is 10.5 Å². The molecule has 25 heavy (non-hydrogen) atoms. The minimum Gasteiger partial charge on any atom is -0.444 e. The van der Waals surface area contributed by atoms with Crippen molar-refractivity contribution < 1.29 is 9.53 Å². The van der Waals surface area contributed by atoms with Crippen molar-refractivity contribution in [3.05, 3.63) is 24.3 Å². The predicted molar refractivity (Wildman–Crippen MR) is 106 cm³/mol. The topological polar surface area (TPSA) is 44.8 Å². The highest BCUT2D eigenvalue weighted by Gasteiger charge is 2.36. The third-order valence-corrected chi connectivity index (χ3v) is 6.05. The lowest BCUT2D eigenvalue weighted by Gasteiger charge is -2.37. The van der Waals surface area contributed by atoms with Crippen LogP contribution in [0.5, 0.6) is 0 Å². The highest BCUT2D eigenvalue weighted by atomic mass is 32.2. The number of carbonyl (C=O) groups excluding carboxylic acids is 1. The number of ether oxygens (including phenoxy) is 1. The Kier molecular flexibility index (Phi) is 6.06. The average Bonchev–Trinajstić information content (AvgIpc) is 3.03. The van der Waals surface area contributed by atoms with E-state index < -0.39 is 0 Å². The van der Waals surface area contributed by atoms with Crippen LogP contribution >= 0.6 is 24.0 Å². The van der Waals surface area contributed by atoms with Gasteiger partial charge in [0.05, 0.1) is 12.2 Å². The van der Waals surface area contributed by atoms with Gasteiger partial charge in [0.2, 0.25) is 0 Å². The van der Waals surface area contributed by atoms with E-state index in [0.717, 1.165) is 49.7 Å². The van der Waals surface area contributed by atoms with Crippen LogP contribution in [0.1, 0.15) is 26.2 Å². The van der Waals surface area contributed by atoms with Gasteiger partial charge in [0, 0.05) is 24.0 Å². The van der Waals surface area contributed by atoms with Gasteiger partial charge in [-0.25, -0.2) is 4.79 Å². The maximum Gasteiger partial charge on any atom is 0.410 e. The van der Waals surface area contributed by atoms with Gasteiger partial charge in [-0.05, 0) is 49.9 Å². The number of hydrogen-bond acceptors (Lipinski definition) is 4. The Bertz CT molecular complexity index is 633. The summed E-state index contributed by atoms with van der Waals surface area (Å²) < 4.78 is 5.39. The van der Waals surface area contributed by atoms with E-state index in [9.17, 15) is 4.79 Å². The zero-order valence-electron chi connectivity index (χ0n) is 14.7. The lowest BCUT2D eigenvalue weighted by molar-refractivity contribution is 0.119. The smallest absolute Gasteiger partial charge is 0.410 e. The van der Waals surface area contributed by atoms with Crippen LogP contribution in [0.15, 0.2) is 29.2 Å². The number of hydrogen-bond donors (Lipinski definition) is 1. The Morgan fingerprint density at radius 1 is 1.36 bits per heavy atom. The first kappa shape index (κ1) is 18.3. The van der Waals surface area contributed by atoms with E-state index >= 15 is 0 Å². The first-order valence-corrected chi connectivity index (χ1v) is 10.4. The predicted octanol–water partition coefficient (Wildman–Crippen LogP) is 3.80. The minimum absolute atomic E-state index is 0.0521. The molecule has 2 saturated heterocycles. The Hall–Kier alpha value is -1.47. The van der Waals surface area contributed by atoms with Crippen molar-refractivity contribution in [2.75, 3.05) is 31.2 Å². The summed E-state index contributed by atoms with van der Waals surface area (Å²) in [5.41, 5.74) is 1.05. The van der Waals surface area contributed by atoms with Crippen molar-refractivity contribution in [3.8, 4) is 0 Å². The molecule has 0 aliphatic carbocycles. The van der Waals surface area contributed by atoms with Crippen LogP contribution in [-0.2, 0) is 4.74 Å². The van der Waals surface area contributed by atoms with E-state index in [0.29, 0.717) is 0 Å². The quantitative estimate of drug-likeness (QED) is 0.634. The summed E-state index contributed by atoms with van der Waals surface area (Å²) in [6.45, 7) is 4.50. The van der Waals surface area contributed by atoms with E-state index in [-0.39, 0.29) is 18.2 Å². The van der Waals surface area contributed by atoms with Crippen LogP contribution in [0, 0.1) is 0 Å². The minimum atomic E-state index is -0.153. The van der Waals surface area contributed by atoms with Gasteiger partial charge in [-0.15, -0.1) is 11.8 Å².